The molecule has 2 aromatic heterocycles. The SMILES string of the molecule is CCC1CCc2c(sc(NC(=O)c3cc(-c4ccc(OC)cc4OC)nc4ccccc34)c2C(=O)OC)C1. The van der Waals surface area contributed by atoms with Gasteiger partial charge in [-0.25, -0.2) is 9.78 Å². The van der Waals surface area contributed by atoms with Gasteiger partial charge < -0.3 is 19.5 Å². The molecule has 1 N–H and O–H groups in total. The van der Waals surface area contributed by atoms with Crippen molar-refractivity contribution >= 4 is 39.1 Å². The Morgan fingerprint density at radius 3 is 2.63 bits per heavy atom. The zero-order valence-electron chi connectivity index (χ0n) is 21.9. The van der Waals surface area contributed by atoms with Crippen LogP contribution in [0, 0.1) is 5.92 Å². The number of para-hydroxylation sites is 1. The quantitative estimate of drug-likeness (QED) is 0.273. The van der Waals surface area contributed by atoms with E-state index in [-0.39, 0.29) is 5.91 Å². The van der Waals surface area contributed by atoms with Crippen molar-refractivity contribution in [2.75, 3.05) is 26.6 Å². The van der Waals surface area contributed by atoms with Crippen molar-refractivity contribution in [3.8, 4) is 22.8 Å². The maximum absolute atomic E-state index is 13.8. The van der Waals surface area contributed by atoms with Gasteiger partial charge in [-0.2, -0.15) is 0 Å². The second-order valence-electron chi connectivity index (χ2n) is 9.31. The zero-order chi connectivity index (χ0) is 26.8. The van der Waals surface area contributed by atoms with Gasteiger partial charge in [0.15, 0.2) is 0 Å². The molecule has 7 nitrogen and oxygen atoms in total. The van der Waals surface area contributed by atoms with Crippen molar-refractivity contribution in [3.05, 3.63) is 70.1 Å². The predicted octanol–water partition coefficient (Wildman–Crippen LogP) is 6.53. The molecule has 0 aliphatic heterocycles. The summed E-state index contributed by atoms with van der Waals surface area (Å²) in [6.07, 6.45) is 3.84. The minimum Gasteiger partial charge on any atom is -0.497 e. The van der Waals surface area contributed by atoms with E-state index in [4.69, 9.17) is 19.2 Å². The predicted molar refractivity (Wildman–Crippen MR) is 150 cm³/mol. The number of methoxy groups -OCH3 is 3. The molecule has 1 unspecified atom stereocenters. The number of thiophene rings is 1. The fourth-order valence-corrected chi connectivity index (χ4v) is 6.44. The fraction of sp³-hybridized carbons (Fsp3) is 0.300. The van der Waals surface area contributed by atoms with E-state index >= 15 is 0 Å². The lowest BCUT2D eigenvalue weighted by Crippen LogP contribution is -2.17. The molecule has 0 bridgehead atoms. The van der Waals surface area contributed by atoms with Crippen LogP contribution >= 0.6 is 11.3 Å². The number of amides is 1. The van der Waals surface area contributed by atoms with E-state index in [1.54, 1.807) is 26.4 Å². The Balaban J connectivity index is 1.59. The van der Waals surface area contributed by atoms with Crippen molar-refractivity contribution in [2.24, 2.45) is 5.92 Å². The largest absolute Gasteiger partial charge is 0.497 e. The Labute approximate surface area is 225 Å². The molecular weight excluding hydrogens is 500 g/mol. The highest BCUT2D eigenvalue weighted by molar-refractivity contribution is 7.17. The standard InChI is InChI=1S/C30H30N2O5S/c1-5-17-10-12-21-26(14-17)38-29(27(21)30(34)37-4)32-28(33)22-16-24(31-23-9-7-6-8-19(22)23)20-13-11-18(35-2)15-25(20)36-3/h6-9,11,13,15-17H,5,10,12,14H2,1-4H3,(H,32,33). The number of carbonyl (C=O) groups is 2. The molecule has 1 aliphatic carbocycles. The van der Waals surface area contributed by atoms with Crippen molar-refractivity contribution in [1.82, 2.24) is 4.98 Å². The molecule has 0 spiro atoms. The number of hydrogen-bond donors (Lipinski definition) is 1. The Morgan fingerprint density at radius 2 is 1.89 bits per heavy atom. The molecular formula is C30H30N2O5S. The van der Waals surface area contributed by atoms with E-state index in [9.17, 15) is 9.59 Å². The van der Waals surface area contributed by atoms with Gasteiger partial charge in [0.2, 0.25) is 0 Å². The smallest absolute Gasteiger partial charge is 0.341 e. The van der Waals surface area contributed by atoms with Crippen LogP contribution in [-0.2, 0) is 17.6 Å². The summed E-state index contributed by atoms with van der Waals surface area (Å²) in [5.41, 5.74) is 3.95. The van der Waals surface area contributed by atoms with Crippen LogP contribution < -0.4 is 14.8 Å². The monoisotopic (exact) mass is 530 g/mol. The van der Waals surface area contributed by atoms with Gasteiger partial charge in [0.1, 0.15) is 16.5 Å². The number of carbonyl (C=O) groups excluding carboxylic acids is 2. The number of anilines is 1. The summed E-state index contributed by atoms with van der Waals surface area (Å²) < 4.78 is 16.0. The molecule has 0 fully saturated rings. The van der Waals surface area contributed by atoms with Crippen molar-refractivity contribution in [1.29, 1.82) is 0 Å². The number of ether oxygens (including phenoxy) is 3. The summed E-state index contributed by atoms with van der Waals surface area (Å²) in [5.74, 6) is 1.10. The molecule has 1 aliphatic rings. The van der Waals surface area contributed by atoms with Gasteiger partial charge in [-0.05, 0) is 55.0 Å². The fourth-order valence-electron chi connectivity index (χ4n) is 5.09. The highest BCUT2D eigenvalue weighted by Gasteiger charge is 2.30. The summed E-state index contributed by atoms with van der Waals surface area (Å²) >= 11 is 1.48. The van der Waals surface area contributed by atoms with E-state index in [2.05, 4.69) is 12.2 Å². The average Bonchev–Trinajstić information content (AvgIpc) is 3.32. The van der Waals surface area contributed by atoms with E-state index in [0.717, 1.165) is 41.7 Å². The van der Waals surface area contributed by atoms with Gasteiger partial charge in [-0.15, -0.1) is 11.3 Å². The lowest BCUT2D eigenvalue weighted by atomic mass is 9.85. The number of benzene rings is 2. The molecule has 5 rings (SSSR count). The first-order valence-electron chi connectivity index (χ1n) is 12.6. The topological polar surface area (TPSA) is 86.8 Å². The van der Waals surface area contributed by atoms with Gasteiger partial charge in [0.25, 0.3) is 5.91 Å². The Bertz CT molecular complexity index is 1530. The molecule has 1 amide bonds. The van der Waals surface area contributed by atoms with Crippen LogP contribution in [-0.4, -0.2) is 38.2 Å². The molecule has 4 aromatic rings. The molecule has 2 aromatic carbocycles. The van der Waals surface area contributed by atoms with Gasteiger partial charge in [-0.3, -0.25) is 4.79 Å². The van der Waals surface area contributed by atoms with E-state index < -0.39 is 5.97 Å². The molecule has 8 heteroatoms. The number of esters is 1. The number of aromatic nitrogens is 1. The van der Waals surface area contributed by atoms with Crippen molar-refractivity contribution < 1.29 is 23.8 Å². The average molecular weight is 531 g/mol. The first kappa shape index (κ1) is 25.7. The minimum atomic E-state index is -0.420. The second-order valence-corrected chi connectivity index (χ2v) is 10.4. The highest BCUT2D eigenvalue weighted by Crippen LogP contribution is 2.41. The summed E-state index contributed by atoms with van der Waals surface area (Å²) in [5, 5.41) is 4.30. The van der Waals surface area contributed by atoms with Gasteiger partial charge in [-0.1, -0.05) is 31.5 Å². The Kier molecular flexibility index (Phi) is 7.33. The number of pyridine rings is 1. The Morgan fingerprint density at radius 1 is 1.08 bits per heavy atom. The molecule has 2 heterocycles. The van der Waals surface area contributed by atoms with Crippen LogP contribution in [0.1, 0.15) is 50.9 Å². The zero-order valence-corrected chi connectivity index (χ0v) is 22.7. The number of nitrogens with zero attached hydrogens (tertiary/aromatic N) is 1. The van der Waals surface area contributed by atoms with Crippen LogP contribution in [0.3, 0.4) is 0 Å². The van der Waals surface area contributed by atoms with Crippen LogP contribution in [0.4, 0.5) is 5.00 Å². The molecule has 38 heavy (non-hydrogen) atoms. The molecule has 0 saturated heterocycles. The lowest BCUT2D eigenvalue weighted by molar-refractivity contribution is 0.0600. The molecule has 0 saturated carbocycles. The highest BCUT2D eigenvalue weighted by atomic mass is 32.1. The number of rotatable bonds is 7. The minimum absolute atomic E-state index is 0.312. The molecule has 0 radical (unpaired) electrons. The number of nitrogens with one attached hydrogen (secondary N) is 1. The van der Waals surface area contributed by atoms with E-state index in [0.29, 0.717) is 50.1 Å². The van der Waals surface area contributed by atoms with Crippen LogP contribution in [0.2, 0.25) is 0 Å². The van der Waals surface area contributed by atoms with E-state index in [1.807, 2.05) is 36.4 Å². The first-order chi connectivity index (χ1) is 18.5. The maximum atomic E-state index is 13.8. The summed E-state index contributed by atoms with van der Waals surface area (Å²) in [4.78, 5) is 32.6. The molecule has 196 valence electrons. The third-order valence-electron chi connectivity index (χ3n) is 7.21. The summed E-state index contributed by atoms with van der Waals surface area (Å²) in [6.45, 7) is 2.19. The first-order valence-corrected chi connectivity index (χ1v) is 13.4. The van der Waals surface area contributed by atoms with Crippen LogP contribution in [0.15, 0.2) is 48.5 Å². The maximum Gasteiger partial charge on any atom is 0.341 e. The summed E-state index contributed by atoms with van der Waals surface area (Å²) in [7, 11) is 4.56. The van der Waals surface area contributed by atoms with Gasteiger partial charge in [0.05, 0.1) is 43.7 Å². The van der Waals surface area contributed by atoms with E-state index in [1.165, 1.54) is 18.4 Å². The number of hydrogen-bond acceptors (Lipinski definition) is 7. The lowest BCUT2D eigenvalue weighted by Gasteiger charge is -2.20. The van der Waals surface area contributed by atoms with Crippen molar-refractivity contribution in [2.45, 2.75) is 32.6 Å². The third kappa shape index (κ3) is 4.72. The molecule has 1 atom stereocenters. The van der Waals surface area contributed by atoms with Crippen molar-refractivity contribution in [3.63, 3.8) is 0 Å². The second kappa shape index (κ2) is 10.8. The van der Waals surface area contributed by atoms with Crippen LogP contribution in [0.25, 0.3) is 22.2 Å². The van der Waals surface area contributed by atoms with Crippen LogP contribution in [0.5, 0.6) is 11.5 Å². The van der Waals surface area contributed by atoms with Gasteiger partial charge in [0, 0.05) is 21.9 Å². The Hall–Kier alpha value is -3.91. The number of fused-ring (bicyclic) bond motifs is 2. The normalized spacial score (nSPS) is 14.6. The third-order valence-corrected chi connectivity index (χ3v) is 8.38. The van der Waals surface area contributed by atoms with Gasteiger partial charge >= 0.3 is 5.97 Å². The summed E-state index contributed by atoms with van der Waals surface area (Å²) in [6, 6.07) is 14.8.